The van der Waals surface area contributed by atoms with Crippen LogP contribution >= 0.6 is 11.8 Å². The third-order valence-corrected chi connectivity index (χ3v) is 8.36. The fraction of sp³-hybridized carbons (Fsp3) is 0.324. The van der Waals surface area contributed by atoms with E-state index in [-0.39, 0.29) is 18.6 Å². The van der Waals surface area contributed by atoms with E-state index in [4.69, 9.17) is 9.84 Å². The van der Waals surface area contributed by atoms with E-state index in [9.17, 15) is 29.1 Å². The Morgan fingerprint density at radius 3 is 1.63 bits per heavy atom. The van der Waals surface area contributed by atoms with Crippen LogP contribution in [0.4, 0.5) is 4.79 Å². The SMILES string of the molecule is CC(C)(C)OC(=O)N[C@@H](CCC(=O)N[C@@H](CSC(c1ccccc1)(c1ccccc1)c1ccccc1)C(=O)NCC(=O)O)C(=O)O. The molecule has 0 bridgehead atoms. The molecule has 3 aromatic rings. The molecule has 0 fully saturated rings. The molecule has 0 heterocycles. The monoisotopic (exact) mass is 649 g/mol. The van der Waals surface area contributed by atoms with Crippen LogP contribution in [0, 0.1) is 0 Å². The number of hydrogen-bond acceptors (Lipinski definition) is 7. The quantitative estimate of drug-likeness (QED) is 0.152. The van der Waals surface area contributed by atoms with Gasteiger partial charge in [-0.05, 0) is 43.9 Å². The lowest BCUT2D eigenvalue weighted by atomic mass is 9.84. The first-order chi connectivity index (χ1) is 21.8. The molecule has 3 aromatic carbocycles. The molecule has 46 heavy (non-hydrogen) atoms. The molecule has 0 saturated heterocycles. The van der Waals surface area contributed by atoms with Gasteiger partial charge in [0.25, 0.3) is 0 Å². The summed E-state index contributed by atoms with van der Waals surface area (Å²) in [5, 5.41) is 26.0. The van der Waals surface area contributed by atoms with Crippen molar-refractivity contribution in [2.45, 2.75) is 56.0 Å². The van der Waals surface area contributed by atoms with Crippen LogP contribution in [0.2, 0.25) is 0 Å². The summed E-state index contributed by atoms with van der Waals surface area (Å²) >= 11 is 1.39. The average Bonchev–Trinajstić information content (AvgIpc) is 3.02. The molecule has 11 nitrogen and oxygen atoms in total. The molecule has 244 valence electrons. The maximum atomic E-state index is 13.3. The van der Waals surface area contributed by atoms with Crippen molar-refractivity contribution in [3.05, 3.63) is 108 Å². The van der Waals surface area contributed by atoms with Crippen LogP contribution < -0.4 is 16.0 Å². The summed E-state index contributed by atoms with van der Waals surface area (Å²) in [6, 6.07) is 26.5. The highest BCUT2D eigenvalue weighted by Crippen LogP contribution is 2.48. The largest absolute Gasteiger partial charge is 0.480 e. The van der Waals surface area contributed by atoms with Gasteiger partial charge in [0.05, 0.1) is 4.75 Å². The van der Waals surface area contributed by atoms with Gasteiger partial charge in [-0.15, -0.1) is 11.8 Å². The maximum Gasteiger partial charge on any atom is 0.408 e. The van der Waals surface area contributed by atoms with Crippen LogP contribution in [0.15, 0.2) is 91.0 Å². The van der Waals surface area contributed by atoms with Gasteiger partial charge in [0, 0.05) is 12.2 Å². The molecular weight excluding hydrogens is 610 g/mol. The second kappa shape index (κ2) is 16.5. The lowest BCUT2D eigenvalue weighted by molar-refractivity contribution is -0.140. The van der Waals surface area contributed by atoms with Crippen molar-refractivity contribution in [1.29, 1.82) is 0 Å². The minimum Gasteiger partial charge on any atom is -0.480 e. The Bertz CT molecular complexity index is 1380. The summed E-state index contributed by atoms with van der Waals surface area (Å²) in [4.78, 5) is 61.5. The zero-order valence-corrected chi connectivity index (χ0v) is 26.7. The number of nitrogens with one attached hydrogen (secondary N) is 3. The zero-order valence-electron chi connectivity index (χ0n) is 25.9. The lowest BCUT2D eigenvalue weighted by Crippen LogP contribution is -2.50. The van der Waals surface area contributed by atoms with Crippen LogP contribution in [-0.2, 0) is 28.7 Å². The van der Waals surface area contributed by atoms with Crippen molar-refractivity contribution in [2.75, 3.05) is 12.3 Å². The Labute approximate surface area is 272 Å². The number of benzene rings is 3. The van der Waals surface area contributed by atoms with Crippen molar-refractivity contribution in [2.24, 2.45) is 0 Å². The molecule has 0 aliphatic rings. The van der Waals surface area contributed by atoms with Crippen molar-refractivity contribution in [3.63, 3.8) is 0 Å². The highest BCUT2D eigenvalue weighted by Gasteiger charge is 2.38. The second-order valence-electron chi connectivity index (χ2n) is 11.4. The molecule has 0 radical (unpaired) electrons. The molecule has 0 spiro atoms. The normalized spacial score (nSPS) is 12.7. The van der Waals surface area contributed by atoms with Gasteiger partial charge in [-0.25, -0.2) is 9.59 Å². The van der Waals surface area contributed by atoms with Gasteiger partial charge in [-0.3, -0.25) is 14.4 Å². The number of thioether (sulfide) groups is 1. The predicted octanol–water partition coefficient (Wildman–Crippen LogP) is 4.16. The molecule has 2 atom stereocenters. The number of rotatable bonds is 15. The van der Waals surface area contributed by atoms with Crippen LogP contribution in [0.1, 0.15) is 50.3 Å². The summed E-state index contributed by atoms with van der Waals surface area (Å²) in [7, 11) is 0. The van der Waals surface area contributed by atoms with Crippen LogP contribution in [0.5, 0.6) is 0 Å². The topological polar surface area (TPSA) is 171 Å². The molecule has 0 unspecified atom stereocenters. The average molecular weight is 650 g/mol. The lowest BCUT2D eigenvalue weighted by Gasteiger charge is -2.36. The van der Waals surface area contributed by atoms with Crippen LogP contribution in [0.3, 0.4) is 0 Å². The molecule has 12 heteroatoms. The van der Waals surface area contributed by atoms with Crippen molar-refractivity contribution in [3.8, 4) is 0 Å². The van der Waals surface area contributed by atoms with Crippen molar-refractivity contribution < 1.29 is 38.9 Å². The Morgan fingerprint density at radius 2 is 1.22 bits per heavy atom. The molecule has 5 N–H and O–H groups in total. The van der Waals surface area contributed by atoms with Gasteiger partial charge in [0.2, 0.25) is 11.8 Å². The first-order valence-electron chi connectivity index (χ1n) is 14.6. The van der Waals surface area contributed by atoms with Gasteiger partial charge in [0.15, 0.2) is 0 Å². The highest BCUT2D eigenvalue weighted by molar-refractivity contribution is 8.00. The summed E-state index contributed by atoms with van der Waals surface area (Å²) in [6.07, 6.45) is -1.57. The van der Waals surface area contributed by atoms with E-state index in [1.165, 1.54) is 11.8 Å². The number of amides is 3. The number of carboxylic acids is 2. The smallest absolute Gasteiger partial charge is 0.408 e. The highest BCUT2D eigenvalue weighted by atomic mass is 32.2. The minimum atomic E-state index is -1.42. The van der Waals surface area contributed by atoms with Crippen molar-refractivity contribution in [1.82, 2.24) is 16.0 Å². The third kappa shape index (κ3) is 10.4. The Kier molecular flexibility index (Phi) is 12.8. The van der Waals surface area contributed by atoms with E-state index < -0.39 is 58.8 Å². The number of alkyl carbamates (subject to hydrolysis) is 1. The van der Waals surface area contributed by atoms with Gasteiger partial charge < -0.3 is 30.9 Å². The van der Waals surface area contributed by atoms with Gasteiger partial charge in [-0.1, -0.05) is 91.0 Å². The summed E-state index contributed by atoms with van der Waals surface area (Å²) in [5.74, 6) is -3.96. The molecule has 0 aliphatic heterocycles. The van der Waals surface area contributed by atoms with Gasteiger partial charge in [0.1, 0.15) is 24.2 Å². The number of ether oxygens (including phenoxy) is 1. The molecule has 0 aliphatic carbocycles. The minimum absolute atomic E-state index is 0.0222. The van der Waals surface area contributed by atoms with E-state index in [1.807, 2.05) is 91.0 Å². The van der Waals surface area contributed by atoms with Crippen LogP contribution in [-0.4, -0.2) is 70.0 Å². The summed E-state index contributed by atoms with van der Waals surface area (Å²) in [6.45, 7) is 4.24. The molecule has 3 rings (SSSR count). The maximum absolute atomic E-state index is 13.3. The first-order valence-corrected chi connectivity index (χ1v) is 15.6. The summed E-state index contributed by atoms with van der Waals surface area (Å²) in [5.41, 5.74) is 1.91. The first kappa shape index (κ1) is 35.6. The van der Waals surface area contributed by atoms with E-state index >= 15 is 0 Å². The zero-order chi connectivity index (χ0) is 33.7. The third-order valence-electron chi connectivity index (χ3n) is 6.72. The van der Waals surface area contributed by atoms with Gasteiger partial charge >= 0.3 is 18.0 Å². The Hall–Kier alpha value is -4.84. The molecular formula is C34H39N3O8S. The molecule has 0 aromatic heterocycles. The number of carboxylic acid groups (broad SMARTS) is 2. The van der Waals surface area contributed by atoms with E-state index in [0.29, 0.717) is 0 Å². The number of carbonyl (C=O) groups is 5. The van der Waals surface area contributed by atoms with E-state index in [1.54, 1.807) is 20.8 Å². The number of aliphatic carboxylic acids is 2. The van der Waals surface area contributed by atoms with Crippen LogP contribution in [0.25, 0.3) is 0 Å². The van der Waals surface area contributed by atoms with E-state index in [0.717, 1.165) is 16.7 Å². The van der Waals surface area contributed by atoms with Crippen molar-refractivity contribution >= 4 is 41.6 Å². The Morgan fingerprint density at radius 1 is 0.739 bits per heavy atom. The standard InChI is InChI=1S/C34H39N3O8S/c1-33(2,3)45-32(44)37-26(31(42)43)19-20-28(38)36-27(30(41)35-21-29(39)40)22-46-34(23-13-7-4-8-14-23,24-15-9-5-10-16-24)25-17-11-6-12-18-25/h4-18,26-27H,19-22H2,1-3H3,(H,35,41)(H,36,38)(H,37,44)(H,39,40)(H,42,43)/t26-,27-/m0/s1. The number of carbonyl (C=O) groups excluding carboxylic acids is 3. The molecule has 0 saturated carbocycles. The van der Waals surface area contributed by atoms with E-state index in [2.05, 4.69) is 16.0 Å². The predicted molar refractivity (Wildman–Crippen MR) is 174 cm³/mol. The van der Waals surface area contributed by atoms with Gasteiger partial charge in [-0.2, -0.15) is 0 Å². The second-order valence-corrected chi connectivity index (χ2v) is 12.6. The molecule has 3 amide bonds. The fourth-order valence-corrected chi connectivity index (χ4v) is 6.25. The Balaban J connectivity index is 1.89. The summed E-state index contributed by atoms with van der Waals surface area (Å²) < 4.78 is 4.30. The fourth-order valence-electron chi connectivity index (χ4n) is 4.69. The number of hydrogen-bond donors (Lipinski definition) is 5.